The van der Waals surface area contributed by atoms with Gasteiger partial charge in [-0.15, -0.1) is 0 Å². The molecule has 0 radical (unpaired) electrons. The van der Waals surface area contributed by atoms with E-state index in [1.807, 2.05) is 55.6 Å². The summed E-state index contributed by atoms with van der Waals surface area (Å²) in [6.45, 7) is 7.24. The molecule has 0 aliphatic carbocycles. The Morgan fingerprint density at radius 3 is 2.36 bits per heavy atom. The number of carbonyl (C=O) groups is 2. The summed E-state index contributed by atoms with van der Waals surface area (Å²) in [7, 11) is 0. The van der Waals surface area contributed by atoms with E-state index >= 15 is 0 Å². The fourth-order valence-electron chi connectivity index (χ4n) is 6.13. The molecule has 0 fully saturated rings. The van der Waals surface area contributed by atoms with Crippen molar-refractivity contribution in [3.63, 3.8) is 0 Å². The van der Waals surface area contributed by atoms with Crippen molar-refractivity contribution in [1.82, 2.24) is 4.57 Å². The van der Waals surface area contributed by atoms with Gasteiger partial charge >= 0.3 is 5.97 Å². The quantitative estimate of drug-likeness (QED) is 0.0735. The number of hydrogen-bond donors (Lipinski definition) is 0. The maximum absolute atomic E-state index is 13.7. The standard InChI is InChI=1S/C38H45NO5/c1-4-7-8-11-23-38(30-20-17-28(13-5-2)18-21-30)43-35-22-19-29(26-36(35)44-38)25-34(40)32-27-39(24-12-16-37(41)42-6-3)33-15-10-9-14-31(32)33/h9-10,14-15,17-22,26-27H,4-8,11-13,16,23-25H2,1-3H3. The second-order valence-corrected chi connectivity index (χ2v) is 11.8. The van der Waals surface area contributed by atoms with Crippen LogP contribution in [0.1, 0.15) is 99.2 Å². The van der Waals surface area contributed by atoms with E-state index in [0.29, 0.717) is 43.1 Å². The maximum Gasteiger partial charge on any atom is 0.305 e. The van der Waals surface area contributed by atoms with E-state index in [1.54, 1.807) is 0 Å². The molecule has 6 nitrogen and oxygen atoms in total. The Balaban J connectivity index is 1.33. The number of benzene rings is 3. The maximum atomic E-state index is 13.7. The minimum atomic E-state index is -0.861. The second kappa shape index (κ2) is 14.6. The molecule has 1 aliphatic rings. The highest BCUT2D eigenvalue weighted by atomic mass is 16.7. The predicted octanol–water partition coefficient (Wildman–Crippen LogP) is 8.96. The van der Waals surface area contributed by atoms with Crippen LogP contribution in [0.25, 0.3) is 10.9 Å². The highest BCUT2D eigenvalue weighted by Crippen LogP contribution is 2.47. The first-order valence-corrected chi connectivity index (χ1v) is 16.3. The van der Waals surface area contributed by atoms with Crippen LogP contribution >= 0.6 is 0 Å². The summed E-state index contributed by atoms with van der Waals surface area (Å²) in [5.41, 5.74) is 4.90. The van der Waals surface area contributed by atoms with Crippen molar-refractivity contribution in [3.05, 3.63) is 95.2 Å². The molecular formula is C38H45NO5. The Morgan fingerprint density at radius 1 is 0.818 bits per heavy atom. The van der Waals surface area contributed by atoms with Crippen molar-refractivity contribution in [2.24, 2.45) is 0 Å². The van der Waals surface area contributed by atoms with Crippen molar-refractivity contribution in [3.8, 4) is 11.5 Å². The third-order valence-electron chi connectivity index (χ3n) is 8.39. The lowest BCUT2D eigenvalue weighted by atomic mass is 9.97. The van der Waals surface area contributed by atoms with Crippen LogP contribution in [0.2, 0.25) is 0 Å². The van der Waals surface area contributed by atoms with E-state index in [-0.39, 0.29) is 18.2 Å². The number of aryl methyl sites for hydroxylation is 2. The van der Waals surface area contributed by atoms with Crippen LogP contribution in [0.3, 0.4) is 0 Å². The molecular weight excluding hydrogens is 550 g/mol. The molecule has 0 N–H and O–H groups in total. The van der Waals surface area contributed by atoms with Crippen LogP contribution in [0.15, 0.2) is 72.9 Å². The zero-order valence-electron chi connectivity index (χ0n) is 26.4. The van der Waals surface area contributed by atoms with Crippen molar-refractivity contribution in [2.75, 3.05) is 6.61 Å². The van der Waals surface area contributed by atoms with Gasteiger partial charge < -0.3 is 18.8 Å². The van der Waals surface area contributed by atoms with Gasteiger partial charge in [-0.05, 0) is 55.5 Å². The Kier molecular flexibility index (Phi) is 10.4. The normalized spacial score (nSPS) is 15.5. The van der Waals surface area contributed by atoms with E-state index in [0.717, 1.165) is 54.1 Å². The van der Waals surface area contributed by atoms with Gasteiger partial charge in [0, 0.05) is 54.0 Å². The largest absolute Gasteiger partial charge is 0.466 e. The summed E-state index contributed by atoms with van der Waals surface area (Å²) < 4.78 is 20.4. The molecule has 0 bridgehead atoms. The summed E-state index contributed by atoms with van der Waals surface area (Å²) in [5, 5.41) is 0.923. The third-order valence-corrected chi connectivity index (χ3v) is 8.39. The van der Waals surface area contributed by atoms with E-state index in [1.165, 1.54) is 18.4 Å². The molecule has 0 saturated carbocycles. The molecule has 5 rings (SSSR count). The van der Waals surface area contributed by atoms with E-state index in [4.69, 9.17) is 14.2 Å². The van der Waals surface area contributed by atoms with Crippen molar-refractivity contribution in [2.45, 2.75) is 97.3 Å². The van der Waals surface area contributed by atoms with Crippen LogP contribution in [0.4, 0.5) is 0 Å². The van der Waals surface area contributed by atoms with Gasteiger partial charge in [-0.25, -0.2) is 0 Å². The van der Waals surface area contributed by atoms with Gasteiger partial charge in [0.25, 0.3) is 5.79 Å². The van der Waals surface area contributed by atoms with E-state index in [9.17, 15) is 9.59 Å². The Morgan fingerprint density at radius 2 is 1.59 bits per heavy atom. The summed E-state index contributed by atoms with van der Waals surface area (Å²) >= 11 is 0. The lowest BCUT2D eigenvalue weighted by Crippen LogP contribution is -2.35. The number of hydrogen-bond acceptors (Lipinski definition) is 5. The molecule has 1 aromatic heterocycles. The van der Waals surface area contributed by atoms with Gasteiger partial charge in [0.2, 0.25) is 0 Å². The number of ketones is 1. The van der Waals surface area contributed by atoms with Gasteiger partial charge in [-0.2, -0.15) is 0 Å². The topological polar surface area (TPSA) is 66.8 Å². The average molecular weight is 596 g/mol. The molecule has 1 atom stereocenters. The molecule has 6 heteroatoms. The fourth-order valence-corrected chi connectivity index (χ4v) is 6.13. The number of aromatic nitrogens is 1. The zero-order chi connectivity index (χ0) is 30.9. The lowest BCUT2D eigenvalue weighted by molar-refractivity contribution is -0.143. The zero-order valence-corrected chi connectivity index (χ0v) is 26.4. The number of rotatable bonds is 16. The van der Waals surface area contributed by atoms with Crippen LogP contribution in [0.5, 0.6) is 11.5 Å². The number of para-hydroxylation sites is 1. The van der Waals surface area contributed by atoms with Gasteiger partial charge in [-0.3, -0.25) is 9.59 Å². The molecule has 3 aromatic carbocycles. The number of carbonyl (C=O) groups excluding carboxylic acids is 2. The fraction of sp³-hybridized carbons (Fsp3) is 0.421. The van der Waals surface area contributed by atoms with Crippen LogP contribution in [-0.4, -0.2) is 22.9 Å². The first kappa shape index (κ1) is 31.4. The number of fused-ring (bicyclic) bond motifs is 2. The number of unbranched alkanes of at least 4 members (excludes halogenated alkanes) is 3. The monoisotopic (exact) mass is 595 g/mol. The van der Waals surface area contributed by atoms with Crippen molar-refractivity contribution in [1.29, 1.82) is 0 Å². The third kappa shape index (κ3) is 7.18. The highest BCUT2D eigenvalue weighted by molar-refractivity contribution is 6.08. The molecule has 0 saturated heterocycles. The predicted molar refractivity (Wildman–Crippen MR) is 174 cm³/mol. The molecule has 232 valence electrons. The van der Waals surface area contributed by atoms with Crippen LogP contribution in [0, 0.1) is 0 Å². The molecule has 2 heterocycles. The van der Waals surface area contributed by atoms with Gasteiger partial charge in [0.1, 0.15) is 0 Å². The van der Waals surface area contributed by atoms with Gasteiger partial charge in [0.05, 0.1) is 6.61 Å². The van der Waals surface area contributed by atoms with Gasteiger partial charge in [0.15, 0.2) is 17.3 Å². The Bertz CT molecular complexity index is 1570. The highest BCUT2D eigenvalue weighted by Gasteiger charge is 2.43. The Hall–Kier alpha value is -4.06. The summed E-state index contributed by atoms with van der Waals surface area (Å²) in [6, 6.07) is 22.5. The molecule has 1 aliphatic heterocycles. The van der Waals surface area contributed by atoms with Crippen LogP contribution in [-0.2, 0) is 34.7 Å². The number of ether oxygens (including phenoxy) is 3. The smallest absolute Gasteiger partial charge is 0.305 e. The average Bonchev–Trinajstić information content (AvgIpc) is 3.59. The SMILES string of the molecule is CCCCCCC1(c2ccc(CCC)cc2)Oc2ccc(CC(=O)c3cn(CCCC(=O)OCC)c4ccccc34)cc2O1. The lowest BCUT2D eigenvalue weighted by Gasteiger charge is -2.28. The van der Waals surface area contributed by atoms with E-state index < -0.39 is 5.79 Å². The van der Waals surface area contributed by atoms with Crippen molar-refractivity contribution >= 4 is 22.7 Å². The minimum Gasteiger partial charge on any atom is -0.466 e. The molecule has 0 amide bonds. The van der Waals surface area contributed by atoms with Crippen LogP contribution < -0.4 is 9.47 Å². The second-order valence-electron chi connectivity index (χ2n) is 11.8. The number of nitrogens with zero attached hydrogens (tertiary/aromatic N) is 1. The number of Topliss-reactive ketones (excluding diaryl/α,β-unsaturated/α-hetero) is 1. The summed E-state index contributed by atoms with van der Waals surface area (Å²) in [5.74, 6) is 0.390. The molecule has 1 unspecified atom stereocenters. The van der Waals surface area contributed by atoms with Gasteiger partial charge in [-0.1, -0.05) is 88.1 Å². The van der Waals surface area contributed by atoms with E-state index in [2.05, 4.69) is 42.7 Å². The number of esters is 1. The van der Waals surface area contributed by atoms with Crippen molar-refractivity contribution < 1.29 is 23.8 Å². The first-order chi connectivity index (χ1) is 21.5. The molecule has 44 heavy (non-hydrogen) atoms. The molecule has 4 aromatic rings. The Labute approximate surface area is 261 Å². The minimum absolute atomic E-state index is 0.0431. The summed E-state index contributed by atoms with van der Waals surface area (Å²) in [6.07, 6.45) is 10.6. The molecule has 0 spiro atoms. The summed E-state index contributed by atoms with van der Waals surface area (Å²) in [4.78, 5) is 25.5. The first-order valence-electron chi connectivity index (χ1n) is 16.3.